The molecule has 0 atom stereocenters. The summed E-state index contributed by atoms with van der Waals surface area (Å²) in [7, 11) is 0. The smallest absolute Gasteiger partial charge is 0.319 e. The number of nitro groups is 1. The van der Waals surface area contributed by atoms with E-state index in [0.717, 1.165) is 6.33 Å². The van der Waals surface area contributed by atoms with Crippen LogP contribution in [0.3, 0.4) is 0 Å². The fourth-order valence-corrected chi connectivity index (χ4v) is 1.98. The van der Waals surface area contributed by atoms with Crippen LogP contribution in [0.5, 0.6) is 0 Å². The quantitative estimate of drug-likeness (QED) is 0.445. The molecular formula is C15H12N8O3. The van der Waals surface area contributed by atoms with Crippen LogP contribution in [0.1, 0.15) is 10.4 Å². The van der Waals surface area contributed by atoms with Gasteiger partial charge in [-0.1, -0.05) is 6.07 Å². The van der Waals surface area contributed by atoms with Crippen LogP contribution in [0.25, 0.3) is 0 Å². The summed E-state index contributed by atoms with van der Waals surface area (Å²) in [5.41, 5.74) is 4.61. The largest absolute Gasteiger partial charge is 0.355 e. The summed E-state index contributed by atoms with van der Waals surface area (Å²) in [4.78, 5) is 38.4. The van der Waals surface area contributed by atoms with Crippen LogP contribution in [-0.4, -0.2) is 30.8 Å². The minimum atomic E-state index is -0.663. The van der Waals surface area contributed by atoms with Crippen LogP contribution in [-0.2, 0) is 0 Å². The Morgan fingerprint density at radius 3 is 2.58 bits per heavy atom. The number of rotatable bonds is 6. The summed E-state index contributed by atoms with van der Waals surface area (Å²) in [6, 6.07) is 8.20. The number of aromatic nitrogens is 4. The van der Waals surface area contributed by atoms with Gasteiger partial charge in [-0.05, 0) is 24.3 Å². The molecule has 0 aliphatic carbocycles. The second-order valence-electron chi connectivity index (χ2n) is 4.84. The first-order valence-electron chi connectivity index (χ1n) is 7.29. The molecule has 0 aliphatic heterocycles. The Balaban J connectivity index is 1.82. The number of anilines is 3. The van der Waals surface area contributed by atoms with E-state index in [1.165, 1.54) is 18.6 Å². The summed E-state index contributed by atoms with van der Waals surface area (Å²) in [5.74, 6) is -0.396. The van der Waals surface area contributed by atoms with E-state index in [-0.39, 0.29) is 17.2 Å². The zero-order chi connectivity index (χ0) is 18.4. The van der Waals surface area contributed by atoms with Crippen LogP contribution >= 0.6 is 0 Å². The van der Waals surface area contributed by atoms with Gasteiger partial charge in [-0.3, -0.25) is 30.7 Å². The molecule has 0 bridgehead atoms. The number of pyridine rings is 2. The van der Waals surface area contributed by atoms with Crippen LogP contribution < -0.4 is 16.2 Å². The maximum Gasteiger partial charge on any atom is 0.355 e. The van der Waals surface area contributed by atoms with Crippen molar-refractivity contribution in [1.29, 1.82) is 0 Å². The van der Waals surface area contributed by atoms with Gasteiger partial charge < -0.3 is 5.32 Å². The van der Waals surface area contributed by atoms with Gasteiger partial charge in [0, 0.05) is 18.6 Å². The molecule has 3 rings (SSSR count). The molecule has 11 nitrogen and oxygen atoms in total. The Kier molecular flexibility index (Phi) is 4.89. The molecular weight excluding hydrogens is 340 g/mol. The van der Waals surface area contributed by atoms with E-state index in [1.807, 2.05) is 0 Å². The van der Waals surface area contributed by atoms with E-state index >= 15 is 0 Å². The molecule has 0 aliphatic rings. The normalized spacial score (nSPS) is 10.0. The topological polar surface area (TPSA) is 148 Å². The molecule has 1 amide bonds. The molecule has 0 saturated heterocycles. The Morgan fingerprint density at radius 2 is 1.88 bits per heavy atom. The second kappa shape index (κ2) is 7.61. The Morgan fingerprint density at radius 1 is 1.04 bits per heavy atom. The Hall–Kier alpha value is -4.15. The average Bonchev–Trinajstić information content (AvgIpc) is 2.67. The third-order valence-corrected chi connectivity index (χ3v) is 3.13. The number of hydrogen-bond acceptors (Lipinski definition) is 9. The number of carbonyl (C=O) groups is 1. The molecule has 3 heterocycles. The van der Waals surface area contributed by atoms with E-state index < -0.39 is 16.5 Å². The standard InChI is InChI=1S/C15H12N8O3/c24-15(10-4-3-6-16-8-10)22-21-14-12(23(25)26)13(18-9-19-14)20-11-5-1-2-7-17-11/h1-9H,(H,22,24)(H2,17,18,19,20,21). The summed E-state index contributed by atoms with van der Waals surface area (Å²) < 4.78 is 0. The van der Waals surface area contributed by atoms with Gasteiger partial charge in [-0.2, -0.15) is 0 Å². The molecule has 3 aromatic rings. The number of hydrazine groups is 1. The number of amides is 1. The minimum absolute atomic E-state index is 0.0678. The summed E-state index contributed by atoms with van der Waals surface area (Å²) >= 11 is 0. The molecule has 0 saturated carbocycles. The van der Waals surface area contributed by atoms with E-state index in [4.69, 9.17) is 0 Å². The van der Waals surface area contributed by atoms with Gasteiger partial charge in [-0.15, -0.1) is 0 Å². The Labute approximate surface area is 146 Å². The SMILES string of the molecule is O=C(NNc1ncnc(Nc2ccccn2)c1[N+](=O)[O-])c1cccnc1. The zero-order valence-electron chi connectivity index (χ0n) is 13.2. The lowest BCUT2D eigenvalue weighted by molar-refractivity contribution is -0.383. The van der Waals surface area contributed by atoms with Crippen LogP contribution in [0.4, 0.5) is 23.1 Å². The summed E-state index contributed by atoms with van der Waals surface area (Å²) in [6.07, 6.45) is 5.54. The maximum absolute atomic E-state index is 12.0. The van der Waals surface area contributed by atoms with Crippen molar-refractivity contribution < 1.29 is 9.72 Å². The van der Waals surface area contributed by atoms with E-state index in [1.54, 1.807) is 30.3 Å². The number of nitrogens with one attached hydrogen (secondary N) is 3. The second-order valence-corrected chi connectivity index (χ2v) is 4.84. The highest BCUT2D eigenvalue weighted by Gasteiger charge is 2.24. The maximum atomic E-state index is 12.0. The van der Waals surface area contributed by atoms with Gasteiger partial charge in [0.05, 0.1) is 10.5 Å². The highest BCUT2D eigenvalue weighted by molar-refractivity contribution is 5.94. The predicted octanol–water partition coefficient (Wildman–Crippen LogP) is 1.68. The molecule has 0 fully saturated rings. The first-order chi connectivity index (χ1) is 12.6. The lowest BCUT2D eigenvalue weighted by atomic mass is 10.3. The van der Waals surface area contributed by atoms with Crippen LogP contribution in [0.2, 0.25) is 0 Å². The Bertz CT molecular complexity index is 921. The number of nitrogens with zero attached hydrogens (tertiary/aromatic N) is 5. The molecule has 0 unspecified atom stereocenters. The fraction of sp³-hybridized carbons (Fsp3) is 0. The monoisotopic (exact) mass is 352 g/mol. The van der Waals surface area contributed by atoms with Crippen LogP contribution in [0, 0.1) is 10.1 Å². The molecule has 130 valence electrons. The average molecular weight is 352 g/mol. The van der Waals surface area contributed by atoms with Crippen molar-refractivity contribution in [1.82, 2.24) is 25.4 Å². The molecule has 3 aromatic heterocycles. The lowest BCUT2D eigenvalue weighted by Gasteiger charge is -2.10. The van der Waals surface area contributed by atoms with Crippen molar-refractivity contribution in [2.45, 2.75) is 0 Å². The third kappa shape index (κ3) is 3.84. The van der Waals surface area contributed by atoms with Crippen molar-refractivity contribution in [2.75, 3.05) is 10.7 Å². The van der Waals surface area contributed by atoms with Crippen molar-refractivity contribution in [3.63, 3.8) is 0 Å². The predicted molar refractivity (Wildman–Crippen MR) is 91.5 cm³/mol. The van der Waals surface area contributed by atoms with E-state index in [0.29, 0.717) is 5.82 Å². The first-order valence-corrected chi connectivity index (χ1v) is 7.29. The van der Waals surface area contributed by atoms with Crippen molar-refractivity contribution in [3.05, 3.63) is 70.9 Å². The van der Waals surface area contributed by atoms with Crippen LogP contribution in [0.15, 0.2) is 55.2 Å². The van der Waals surface area contributed by atoms with Gasteiger partial charge in [0.1, 0.15) is 12.1 Å². The van der Waals surface area contributed by atoms with Gasteiger partial charge in [0.15, 0.2) is 0 Å². The zero-order valence-corrected chi connectivity index (χ0v) is 13.2. The van der Waals surface area contributed by atoms with Gasteiger partial charge in [0.2, 0.25) is 11.6 Å². The number of hydrogen-bond donors (Lipinski definition) is 3. The van der Waals surface area contributed by atoms with E-state index in [2.05, 4.69) is 36.1 Å². The van der Waals surface area contributed by atoms with Crippen molar-refractivity contribution in [3.8, 4) is 0 Å². The van der Waals surface area contributed by atoms with Gasteiger partial charge in [-0.25, -0.2) is 15.0 Å². The molecule has 26 heavy (non-hydrogen) atoms. The van der Waals surface area contributed by atoms with Crippen molar-refractivity contribution in [2.24, 2.45) is 0 Å². The third-order valence-electron chi connectivity index (χ3n) is 3.13. The fourth-order valence-electron chi connectivity index (χ4n) is 1.98. The molecule has 0 radical (unpaired) electrons. The van der Waals surface area contributed by atoms with E-state index in [9.17, 15) is 14.9 Å². The summed E-state index contributed by atoms with van der Waals surface area (Å²) in [5, 5.41) is 14.2. The molecule has 11 heteroatoms. The van der Waals surface area contributed by atoms with Gasteiger partial charge in [0.25, 0.3) is 5.91 Å². The molecule has 3 N–H and O–H groups in total. The lowest BCUT2D eigenvalue weighted by Crippen LogP contribution is -2.30. The first kappa shape index (κ1) is 16.7. The van der Waals surface area contributed by atoms with Crippen molar-refractivity contribution >= 4 is 29.0 Å². The molecule has 0 spiro atoms. The highest BCUT2D eigenvalue weighted by atomic mass is 16.6. The number of carbonyl (C=O) groups excluding carboxylic acids is 1. The highest BCUT2D eigenvalue weighted by Crippen LogP contribution is 2.30. The summed E-state index contributed by atoms with van der Waals surface area (Å²) in [6.45, 7) is 0. The van der Waals surface area contributed by atoms with Gasteiger partial charge >= 0.3 is 5.69 Å². The molecule has 0 aromatic carbocycles. The minimum Gasteiger partial charge on any atom is -0.319 e.